The van der Waals surface area contributed by atoms with Crippen LogP contribution in [-0.4, -0.2) is 35.5 Å². The van der Waals surface area contributed by atoms with Crippen LogP contribution in [0, 0.1) is 5.92 Å². The molecule has 1 unspecified atom stereocenters. The van der Waals surface area contributed by atoms with E-state index in [-0.39, 0.29) is 23.4 Å². The van der Waals surface area contributed by atoms with E-state index < -0.39 is 0 Å². The predicted octanol–water partition coefficient (Wildman–Crippen LogP) is 4.34. The molecule has 0 N–H and O–H groups in total. The van der Waals surface area contributed by atoms with Crippen molar-refractivity contribution in [3.8, 4) is 0 Å². The molecule has 25 heavy (non-hydrogen) atoms. The van der Waals surface area contributed by atoms with Crippen LogP contribution in [0.2, 0.25) is 5.02 Å². The average molecular weight is 376 g/mol. The van der Waals surface area contributed by atoms with Crippen LogP contribution >= 0.6 is 22.9 Å². The molecular weight excluding hydrogens is 358 g/mol. The third-order valence-electron chi connectivity index (χ3n) is 4.40. The van der Waals surface area contributed by atoms with Gasteiger partial charge in [-0.3, -0.25) is 14.4 Å². The van der Waals surface area contributed by atoms with Crippen molar-refractivity contribution in [2.45, 2.75) is 19.8 Å². The summed E-state index contributed by atoms with van der Waals surface area (Å²) in [6, 6.07) is 8.50. The Labute approximate surface area is 155 Å². The van der Waals surface area contributed by atoms with E-state index in [0.29, 0.717) is 34.1 Å². The number of rotatable bonds is 4. The molecule has 0 bridgehead atoms. The zero-order valence-corrected chi connectivity index (χ0v) is 15.4. The molecule has 1 aliphatic rings. The van der Waals surface area contributed by atoms with Crippen molar-refractivity contribution in [3.63, 3.8) is 0 Å². The van der Waals surface area contributed by atoms with Gasteiger partial charge in [-0.1, -0.05) is 11.6 Å². The molecule has 0 spiro atoms. The molecule has 6 heteroatoms. The SMILES string of the molecule is CC(=O)c1cc(C(=O)N2CCCC(C(=O)c3ccc(Cl)cc3)C2)cs1. The van der Waals surface area contributed by atoms with E-state index in [1.165, 1.54) is 18.3 Å². The minimum absolute atomic E-state index is 0.0431. The molecule has 1 aromatic carbocycles. The summed E-state index contributed by atoms with van der Waals surface area (Å²) in [6.45, 7) is 2.53. The summed E-state index contributed by atoms with van der Waals surface area (Å²) in [4.78, 5) is 39.1. The second kappa shape index (κ2) is 7.50. The highest BCUT2D eigenvalue weighted by molar-refractivity contribution is 7.12. The minimum atomic E-state index is -0.204. The molecule has 0 aliphatic carbocycles. The number of nitrogens with zero attached hydrogens (tertiary/aromatic N) is 1. The van der Waals surface area contributed by atoms with E-state index in [1.807, 2.05) is 0 Å². The van der Waals surface area contributed by atoms with Gasteiger partial charge in [0.1, 0.15) is 0 Å². The van der Waals surface area contributed by atoms with E-state index >= 15 is 0 Å². The summed E-state index contributed by atoms with van der Waals surface area (Å²) in [6.07, 6.45) is 1.56. The Hall–Kier alpha value is -1.98. The van der Waals surface area contributed by atoms with E-state index in [2.05, 4.69) is 0 Å². The first-order chi connectivity index (χ1) is 12.0. The van der Waals surface area contributed by atoms with Gasteiger partial charge >= 0.3 is 0 Å². The maximum absolute atomic E-state index is 12.7. The lowest BCUT2D eigenvalue weighted by Gasteiger charge is -2.32. The number of hydrogen-bond donors (Lipinski definition) is 0. The number of carbonyl (C=O) groups excluding carboxylic acids is 3. The normalized spacial score (nSPS) is 17.4. The van der Waals surface area contributed by atoms with Crippen molar-refractivity contribution in [2.24, 2.45) is 5.92 Å². The lowest BCUT2D eigenvalue weighted by Crippen LogP contribution is -2.42. The molecular formula is C19H18ClNO3S. The Kier molecular flexibility index (Phi) is 5.35. The van der Waals surface area contributed by atoms with Gasteiger partial charge in [0.25, 0.3) is 5.91 Å². The van der Waals surface area contributed by atoms with E-state index in [9.17, 15) is 14.4 Å². The quantitative estimate of drug-likeness (QED) is 0.747. The summed E-state index contributed by atoms with van der Waals surface area (Å²) in [5.74, 6) is -0.315. The first-order valence-electron chi connectivity index (χ1n) is 8.14. The van der Waals surface area contributed by atoms with Gasteiger partial charge < -0.3 is 4.90 Å². The van der Waals surface area contributed by atoms with Crippen molar-refractivity contribution in [1.82, 2.24) is 4.90 Å². The zero-order chi connectivity index (χ0) is 18.0. The van der Waals surface area contributed by atoms with Gasteiger partial charge in [0.05, 0.1) is 10.4 Å². The van der Waals surface area contributed by atoms with Gasteiger partial charge in [-0.25, -0.2) is 0 Å². The summed E-state index contributed by atoms with van der Waals surface area (Å²) in [5.41, 5.74) is 1.15. The average Bonchev–Trinajstić information content (AvgIpc) is 3.12. The van der Waals surface area contributed by atoms with Crippen molar-refractivity contribution in [1.29, 1.82) is 0 Å². The maximum Gasteiger partial charge on any atom is 0.254 e. The highest BCUT2D eigenvalue weighted by Gasteiger charge is 2.30. The number of halogens is 1. The zero-order valence-electron chi connectivity index (χ0n) is 13.8. The summed E-state index contributed by atoms with van der Waals surface area (Å²) >= 11 is 7.15. The molecule has 1 amide bonds. The van der Waals surface area contributed by atoms with Crippen LogP contribution in [-0.2, 0) is 0 Å². The fourth-order valence-corrected chi connectivity index (χ4v) is 3.95. The second-order valence-electron chi connectivity index (χ2n) is 6.22. The van der Waals surface area contributed by atoms with Gasteiger partial charge in [-0.15, -0.1) is 11.3 Å². The lowest BCUT2D eigenvalue weighted by molar-refractivity contribution is 0.0637. The van der Waals surface area contributed by atoms with Crippen LogP contribution in [0.25, 0.3) is 0 Å². The summed E-state index contributed by atoms with van der Waals surface area (Å²) < 4.78 is 0. The minimum Gasteiger partial charge on any atom is -0.338 e. The van der Waals surface area contributed by atoms with E-state index in [1.54, 1.807) is 40.6 Å². The predicted molar refractivity (Wildman–Crippen MR) is 98.7 cm³/mol. The van der Waals surface area contributed by atoms with Crippen LogP contribution in [0.4, 0.5) is 0 Å². The molecule has 0 saturated carbocycles. The summed E-state index contributed by atoms with van der Waals surface area (Å²) in [5, 5.41) is 2.31. The van der Waals surface area contributed by atoms with Gasteiger partial charge in [-0.05, 0) is 50.1 Å². The Bertz CT molecular complexity index is 812. The first-order valence-corrected chi connectivity index (χ1v) is 9.40. The third kappa shape index (κ3) is 3.99. The van der Waals surface area contributed by atoms with Gasteiger partial charge in [0, 0.05) is 35.0 Å². The number of benzene rings is 1. The highest BCUT2D eigenvalue weighted by Crippen LogP contribution is 2.24. The fraction of sp³-hybridized carbons (Fsp3) is 0.316. The van der Waals surface area contributed by atoms with Gasteiger partial charge in [0.15, 0.2) is 11.6 Å². The molecule has 2 heterocycles. The molecule has 1 fully saturated rings. The van der Waals surface area contributed by atoms with Crippen molar-refractivity contribution >= 4 is 40.4 Å². The Balaban J connectivity index is 1.71. The third-order valence-corrected chi connectivity index (χ3v) is 5.68. The van der Waals surface area contributed by atoms with Crippen molar-refractivity contribution in [3.05, 3.63) is 56.7 Å². The molecule has 130 valence electrons. The smallest absolute Gasteiger partial charge is 0.254 e. The van der Waals surface area contributed by atoms with Crippen LogP contribution in [0.3, 0.4) is 0 Å². The van der Waals surface area contributed by atoms with Crippen LogP contribution in [0.1, 0.15) is 50.2 Å². The Morgan fingerprint density at radius 2 is 1.88 bits per heavy atom. The second-order valence-corrected chi connectivity index (χ2v) is 7.56. The first kappa shape index (κ1) is 17.8. The van der Waals surface area contributed by atoms with Crippen LogP contribution in [0.5, 0.6) is 0 Å². The number of ketones is 2. The lowest BCUT2D eigenvalue weighted by atomic mass is 9.90. The topological polar surface area (TPSA) is 54.5 Å². The molecule has 3 rings (SSSR count). The standard InChI is InChI=1S/C19H18ClNO3S/c1-12(22)17-9-15(11-25-17)19(24)21-8-2-3-14(10-21)18(23)13-4-6-16(20)7-5-13/h4-7,9,11,14H,2-3,8,10H2,1H3. The summed E-state index contributed by atoms with van der Waals surface area (Å²) in [7, 11) is 0. The molecule has 2 aromatic rings. The number of carbonyl (C=O) groups is 3. The molecule has 4 nitrogen and oxygen atoms in total. The van der Waals surface area contributed by atoms with Gasteiger partial charge in [0.2, 0.25) is 0 Å². The number of amides is 1. The van der Waals surface area contributed by atoms with Gasteiger partial charge in [-0.2, -0.15) is 0 Å². The fourth-order valence-electron chi connectivity index (χ4n) is 3.04. The highest BCUT2D eigenvalue weighted by atomic mass is 35.5. The molecule has 1 atom stereocenters. The Morgan fingerprint density at radius 3 is 2.52 bits per heavy atom. The number of Topliss-reactive ketones (excluding diaryl/α,β-unsaturated/α-hetero) is 2. The molecule has 0 radical (unpaired) electrons. The van der Waals surface area contributed by atoms with Crippen molar-refractivity contribution in [2.75, 3.05) is 13.1 Å². The van der Waals surface area contributed by atoms with E-state index in [0.717, 1.165) is 12.8 Å². The van der Waals surface area contributed by atoms with Crippen LogP contribution < -0.4 is 0 Å². The number of hydrogen-bond acceptors (Lipinski definition) is 4. The Morgan fingerprint density at radius 1 is 1.16 bits per heavy atom. The number of likely N-dealkylation sites (tertiary alicyclic amines) is 1. The number of piperidine rings is 1. The molecule has 1 aromatic heterocycles. The maximum atomic E-state index is 12.7. The largest absolute Gasteiger partial charge is 0.338 e. The van der Waals surface area contributed by atoms with Crippen molar-refractivity contribution < 1.29 is 14.4 Å². The van der Waals surface area contributed by atoms with E-state index in [4.69, 9.17) is 11.6 Å². The number of thiophene rings is 1. The molecule has 1 aliphatic heterocycles. The molecule has 1 saturated heterocycles. The van der Waals surface area contributed by atoms with Crippen LogP contribution in [0.15, 0.2) is 35.7 Å². The monoisotopic (exact) mass is 375 g/mol.